The van der Waals surface area contributed by atoms with Gasteiger partial charge < -0.3 is 10.6 Å². The van der Waals surface area contributed by atoms with Crippen molar-refractivity contribution in [2.45, 2.75) is 58.9 Å². The summed E-state index contributed by atoms with van der Waals surface area (Å²) in [6.07, 6.45) is 5.14. The largest absolute Gasteiger partial charge is 0.349 e. The first-order valence-electron chi connectivity index (χ1n) is 8.60. The molecule has 0 saturated carbocycles. The molecule has 1 aliphatic rings. The number of para-hydroxylation sites is 1. The number of halogens is 2. The van der Waals surface area contributed by atoms with Gasteiger partial charge in [-0.2, -0.15) is 0 Å². The zero-order chi connectivity index (χ0) is 16.7. The zero-order valence-corrected chi connectivity index (χ0v) is 15.7. The summed E-state index contributed by atoms with van der Waals surface area (Å²) in [6, 6.07) is 6.17. The van der Waals surface area contributed by atoms with E-state index in [1.54, 1.807) is 0 Å². The molecule has 2 atom stereocenters. The Morgan fingerprint density at radius 1 is 1.33 bits per heavy atom. The summed E-state index contributed by atoms with van der Waals surface area (Å²) >= 11 is -1.68. The van der Waals surface area contributed by atoms with Gasteiger partial charge in [0.1, 0.15) is 16.1 Å². The Hall–Kier alpha value is -0.980. The smallest absolute Gasteiger partial charge is 0.145 e. The summed E-state index contributed by atoms with van der Waals surface area (Å²) < 4.78 is 20.3. The van der Waals surface area contributed by atoms with E-state index >= 15 is 0 Å². The molecular weight excluding hydrogens is 330 g/mol. The first kappa shape index (κ1) is 21.1. The van der Waals surface area contributed by atoms with Crippen molar-refractivity contribution in [2.75, 3.05) is 18.5 Å². The topological polar surface area (TPSA) is 33.3 Å². The maximum absolute atomic E-state index is 14.8. The Bertz CT molecular complexity index is 526. The summed E-state index contributed by atoms with van der Waals surface area (Å²) in [4.78, 5) is 0.651. The van der Waals surface area contributed by atoms with Gasteiger partial charge in [0, 0.05) is 5.69 Å². The van der Waals surface area contributed by atoms with E-state index in [2.05, 4.69) is 43.5 Å². The van der Waals surface area contributed by atoms with E-state index in [1.165, 1.54) is 0 Å². The Kier molecular flexibility index (Phi) is 9.48. The van der Waals surface area contributed by atoms with Crippen LogP contribution in [0.1, 0.15) is 50.2 Å². The number of piperidine rings is 1. The monoisotopic (exact) mass is 360 g/mol. The summed E-state index contributed by atoms with van der Waals surface area (Å²) in [6.45, 7) is 7.60. The molecule has 2 unspecified atom stereocenters. The standard InChI is InChI=1S/C18H29FN2OS.FH/c1-4-5-13-22-23(19)18(16-11-6-7-12-20-16)21-17-14(2)9-8-10-15(17)3;/h8-10,16,20-21H,4-7,11-13H2,1-3H3;1H. The van der Waals surface area contributed by atoms with Crippen LogP contribution in [0.4, 0.5) is 14.3 Å². The van der Waals surface area contributed by atoms with Gasteiger partial charge in [-0.1, -0.05) is 38.0 Å². The third-order valence-corrected chi connectivity index (χ3v) is 5.32. The second kappa shape index (κ2) is 10.8. The first-order chi connectivity index (χ1) is 11.1. The summed E-state index contributed by atoms with van der Waals surface area (Å²) in [5.74, 6) is 0. The van der Waals surface area contributed by atoms with Crippen LogP contribution in [-0.4, -0.2) is 24.2 Å². The first-order valence-corrected chi connectivity index (χ1v) is 9.65. The van der Waals surface area contributed by atoms with Gasteiger partial charge in [-0.15, -0.1) is 3.89 Å². The van der Waals surface area contributed by atoms with E-state index in [0.717, 1.165) is 55.5 Å². The van der Waals surface area contributed by atoms with Crippen molar-refractivity contribution in [1.82, 2.24) is 5.32 Å². The fraction of sp³-hybridized carbons (Fsp3) is 0.611. The molecule has 0 bridgehead atoms. The summed E-state index contributed by atoms with van der Waals surface area (Å²) in [5.41, 5.74) is 3.26. The van der Waals surface area contributed by atoms with Crippen molar-refractivity contribution in [2.24, 2.45) is 0 Å². The molecule has 0 aliphatic carbocycles. The third-order valence-electron chi connectivity index (χ3n) is 4.21. The minimum absolute atomic E-state index is 0. The molecule has 2 rings (SSSR count). The van der Waals surface area contributed by atoms with E-state index in [9.17, 15) is 3.89 Å². The number of benzene rings is 1. The highest BCUT2D eigenvalue weighted by atomic mass is 32.2. The molecule has 0 amide bonds. The highest BCUT2D eigenvalue weighted by Gasteiger charge is 2.22. The molecule has 2 N–H and O–H groups in total. The van der Waals surface area contributed by atoms with E-state index in [1.807, 2.05) is 6.07 Å². The van der Waals surface area contributed by atoms with Crippen LogP contribution in [0.2, 0.25) is 0 Å². The Morgan fingerprint density at radius 3 is 2.62 bits per heavy atom. The lowest BCUT2D eigenvalue weighted by Crippen LogP contribution is -2.43. The highest BCUT2D eigenvalue weighted by molar-refractivity contribution is 8.07. The molecule has 24 heavy (non-hydrogen) atoms. The van der Waals surface area contributed by atoms with Gasteiger partial charge in [-0.05, 0) is 50.8 Å². The fourth-order valence-electron chi connectivity index (χ4n) is 2.79. The van der Waals surface area contributed by atoms with Gasteiger partial charge in [0.05, 0.1) is 12.6 Å². The van der Waals surface area contributed by atoms with Crippen LogP contribution in [0.5, 0.6) is 0 Å². The van der Waals surface area contributed by atoms with Crippen LogP contribution in [-0.2, 0) is 4.18 Å². The number of hydrogen-bond acceptors (Lipinski definition) is 2. The highest BCUT2D eigenvalue weighted by Crippen LogP contribution is 2.27. The molecule has 6 heteroatoms. The molecular formula is C18H30F2N2OS. The van der Waals surface area contributed by atoms with Crippen LogP contribution < -0.4 is 10.6 Å². The molecule has 1 fully saturated rings. The van der Waals surface area contributed by atoms with Crippen LogP contribution in [0.3, 0.4) is 0 Å². The summed E-state index contributed by atoms with van der Waals surface area (Å²) in [5, 5.41) is 6.82. The second-order valence-electron chi connectivity index (χ2n) is 6.16. The number of nitrogens with one attached hydrogen (secondary N) is 2. The van der Waals surface area contributed by atoms with E-state index in [-0.39, 0.29) is 10.7 Å². The lowest BCUT2D eigenvalue weighted by molar-refractivity contribution is 0.347. The number of aryl methyl sites for hydroxylation is 2. The molecule has 138 valence electrons. The van der Waals surface area contributed by atoms with Crippen LogP contribution in [0.25, 0.3) is 0 Å². The number of unbranched alkanes of at least 4 members (excludes halogenated alkanes) is 1. The van der Waals surface area contributed by atoms with Crippen LogP contribution in [0, 0.1) is 13.8 Å². The molecule has 0 aromatic heterocycles. The second-order valence-corrected chi connectivity index (χ2v) is 7.28. The number of anilines is 1. The van der Waals surface area contributed by atoms with Gasteiger partial charge in [0.25, 0.3) is 0 Å². The molecule has 1 aromatic carbocycles. The summed E-state index contributed by atoms with van der Waals surface area (Å²) in [7, 11) is 0. The van der Waals surface area contributed by atoms with E-state index < -0.39 is 11.2 Å². The molecule has 3 nitrogen and oxygen atoms in total. The maximum Gasteiger partial charge on any atom is 0.145 e. The normalized spacial score (nSPS) is 19.3. The fourth-order valence-corrected chi connectivity index (χ4v) is 3.79. The molecule has 1 aromatic rings. The molecule has 1 aliphatic heterocycles. The Labute approximate surface area is 147 Å². The van der Waals surface area contributed by atoms with Crippen LogP contribution in [0.15, 0.2) is 18.2 Å². The number of hydrogen-bond donors (Lipinski definition) is 2. The quantitative estimate of drug-likeness (QED) is 0.552. The lowest BCUT2D eigenvalue weighted by atomic mass is 10.0. The van der Waals surface area contributed by atoms with Crippen molar-refractivity contribution >= 4 is 21.8 Å². The van der Waals surface area contributed by atoms with Gasteiger partial charge >= 0.3 is 0 Å². The predicted molar refractivity (Wildman–Crippen MR) is 102 cm³/mol. The Morgan fingerprint density at radius 2 is 2.04 bits per heavy atom. The lowest BCUT2D eigenvalue weighted by Gasteiger charge is -2.28. The van der Waals surface area contributed by atoms with Crippen molar-refractivity contribution in [3.63, 3.8) is 0 Å². The predicted octanol–water partition coefficient (Wildman–Crippen LogP) is 5.02. The minimum atomic E-state index is -1.68. The van der Waals surface area contributed by atoms with Gasteiger partial charge in [-0.25, -0.2) is 0 Å². The maximum atomic E-state index is 14.8. The molecule has 1 heterocycles. The molecule has 0 spiro atoms. The van der Waals surface area contributed by atoms with Crippen molar-refractivity contribution < 1.29 is 12.8 Å². The van der Waals surface area contributed by atoms with E-state index in [4.69, 9.17) is 4.18 Å². The van der Waals surface area contributed by atoms with Crippen molar-refractivity contribution in [3.8, 4) is 0 Å². The van der Waals surface area contributed by atoms with E-state index in [0.29, 0.717) is 11.6 Å². The average Bonchev–Trinajstić information content (AvgIpc) is 2.55. The average molecular weight is 361 g/mol. The number of rotatable bonds is 6. The molecule has 1 saturated heterocycles. The van der Waals surface area contributed by atoms with Gasteiger partial charge in [0.15, 0.2) is 0 Å². The molecule has 0 radical (unpaired) electrons. The van der Waals surface area contributed by atoms with Gasteiger partial charge in [0.2, 0.25) is 0 Å². The SMILES string of the molecule is CCCCO/S(F)=C(/Nc1c(C)cccc1C)C1CCCCN1.F. The van der Waals surface area contributed by atoms with Crippen molar-refractivity contribution in [3.05, 3.63) is 29.3 Å². The minimum Gasteiger partial charge on any atom is -0.349 e. The zero-order valence-electron chi connectivity index (χ0n) is 14.9. The Balaban J connectivity index is 0.00000288. The van der Waals surface area contributed by atoms with Crippen LogP contribution >= 0.6 is 11.2 Å². The third kappa shape index (κ3) is 5.83. The van der Waals surface area contributed by atoms with Gasteiger partial charge in [-0.3, -0.25) is 8.89 Å². The van der Waals surface area contributed by atoms with Crippen molar-refractivity contribution in [1.29, 1.82) is 0 Å².